The summed E-state index contributed by atoms with van der Waals surface area (Å²) < 4.78 is 10.3. The third kappa shape index (κ3) is 4.34. The number of carbonyl (C=O) groups excluding carboxylic acids is 1. The lowest BCUT2D eigenvalue weighted by Crippen LogP contribution is -2.15. The van der Waals surface area contributed by atoms with Crippen LogP contribution in [0.4, 0.5) is 5.82 Å². The van der Waals surface area contributed by atoms with E-state index in [0.29, 0.717) is 17.9 Å². The van der Waals surface area contributed by atoms with Gasteiger partial charge in [-0.25, -0.2) is 4.63 Å². The summed E-state index contributed by atoms with van der Waals surface area (Å²) in [5.41, 5.74) is 2.99. The fourth-order valence-electron chi connectivity index (χ4n) is 2.64. The average Bonchev–Trinajstić information content (AvgIpc) is 3.10. The van der Waals surface area contributed by atoms with Gasteiger partial charge in [0.25, 0.3) is 5.91 Å². The molecular weight excluding hydrogens is 342 g/mol. The first-order valence-electron chi connectivity index (χ1n) is 8.86. The Hall–Kier alpha value is -3.15. The molecule has 1 amide bonds. The fourth-order valence-corrected chi connectivity index (χ4v) is 2.64. The number of nitrogens with zero attached hydrogens (tertiary/aromatic N) is 2. The zero-order valence-electron chi connectivity index (χ0n) is 15.9. The predicted molar refractivity (Wildman–Crippen MR) is 104 cm³/mol. The smallest absolute Gasteiger partial charge is 0.256 e. The molecule has 6 nitrogen and oxygen atoms in total. The van der Waals surface area contributed by atoms with Gasteiger partial charge in [-0.1, -0.05) is 32.9 Å². The number of aromatic nitrogens is 2. The van der Waals surface area contributed by atoms with E-state index in [1.54, 1.807) is 12.1 Å². The van der Waals surface area contributed by atoms with E-state index in [0.717, 1.165) is 16.9 Å². The van der Waals surface area contributed by atoms with E-state index in [2.05, 4.69) is 36.4 Å². The van der Waals surface area contributed by atoms with Gasteiger partial charge in [0.1, 0.15) is 5.75 Å². The Morgan fingerprint density at radius 1 is 1.04 bits per heavy atom. The Balaban J connectivity index is 1.77. The van der Waals surface area contributed by atoms with Crippen LogP contribution in [0, 0.1) is 0 Å². The van der Waals surface area contributed by atoms with Gasteiger partial charge in [-0.2, -0.15) is 0 Å². The van der Waals surface area contributed by atoms with E-state index in [1.165, 1.54) is 0 Å². The Morgan fingerprint density at radius 2 is 1.70 bits per heavy atom. The van der Waals surface area contributed by atoms with Crippen molar-refractivity contribution in [3.8, 4) is 17.0 Å². The normalized spacial score (nSPS) is 11.3. The van der Waals surface area contributed by atoms with Gasteiger partial charge in [0.15, 0.2) is 5.69 Å². The molecule has 0 bridgehead atoms. The van der Waals surface area contributed by atoms with Gasteiger partial charge in [-0.05, 0) is 64.6 Å². The minimum Gasteiger partial charge on any atom is -0.494 e. The molecule has 0 saturated carbocycles. The van der Waals surface area contributed by atoms with Gasteiger partial charge in [-0.3, -0.25) is 4.79 Å². The quantitative estimate of drug-likeness (QED) is 0.710. The van der Waals surface area contributed by atoms with Gasteiger partial charge >= 0.3 is 0 Å². The molecule has 1 aromatic heterocycles. The lowest BCUT2D eigenvalue weighted by Gasteiger charge is -2.18. The van der Waals surface area contributed by atoms with Gasteiger partial charge in [0.2, 0.25) is 5.82 Å². The topological polar surface area (TPSA) is 77.2 Å². The Bertz CT molecular complexity index is 907. The molecule has 2 aromatic carbocycles. The average molecular weight is 365 g/mol. The second kappa shape index (κ2) is 7.61. The van der Waals surface area contributed by atoms with Crippen LogP contribution in [0.15, 0.2) is 53.2 Å². The molecule has 140 valence electrons. The number of carbonyl (C=O) groups is 1. The monoisotopic (exact) mass is 365 g/mol. The van der Waals surface area contributed by atoms with Crippen molar-refractivity contribution in [3.05, 3.63) is 59.7 Å². The van der Waals surface area contributed by atoms with Crippen LogP contribution in [0.3, 0.4) is 0 Å². The van der Waals surface area contributed by atoms with Crippen LogP contribution in [0.2, 0.25) is 0 Å². The molecular formula is C21H23N3O3. The standard InChI is InChI=1S/C21H23N3O3/c1-5-26-17-12-8-14(9-13-17)18-19(24-27-23-18)22-20(25)15-6-10-16(11-7-15)21(2,3)4/h6-13H,5H2,1-4H3,(H,22,24,25). The lowest BCUT2D eigenvalue weighted by molar-refractivity contribution is 0.102. The predicted octanol–water partition coefficient (Wildman–Crippen LogP) is 4.69. The Kier molecular flexibility index (Phi) is 5.26. The summed E-state index contributed by atoms with van der Waals surface area (Å²) in [4.78, 5) is 12.6. The molecule has 0 unspecified atom stereocenters. The Morgan fingerprint density at radius 3 is 2.30 bits per heavy atom. The zero-order chi connectivity index (χ0) is 19.4. The SMILES string of the molecule is CCOc1ccc(-c2nonc2NC(=O)c2ccc(C(C)(C)C)cc2)cc1. The highest BCUT2D eigenvalue weighted by molar-refractivity contribution is 6.05. The summed E-state index contributed by atoms with van der Waals surface area (Å²) in [7, 11) is 0. The van der Waals surface area contributed by atoms with Crippen molar-refractivity contribution in [1.82, 2.24) is 10.3 Å². The molecule has 1 heterocycles. The molecule has 0 radical (unpaired) electrons. The number of rotatable bonds is 5. The van der Waals surface area contributed by atoms with Crippen molar-refractivity contribution in [2.24, 2.45) is 0 Å². The van der Waals surface area contributed by atoms with Crippen molar-refractivity contribution >= 4 is 11.7 Å². The minimum absolute atomic E-state index is 0.0336. The summed E-state index contributed by atoms with van der Waals surface area (Å²) in [6.07, 6.45) is 0. The van der Waals surface area contributed by atoms with Gasteiger partial charge < -0.3 is 10.1 Å². The summed E-state index contributed by atoms with van der Waals surface area (Å²) in [6, 6.07) is 14.9. The van der Waals surface area contributed by atoms with E-state index in [4.69, 9.17) is 9.37 Å². The molecule has 1 N–H and O–H groups in total. The van der Waals surface area contributed by atoms with Crippen LogP contribution >= 0.6 is 0 Å². The molecule has 3 rings (SSSR count). The van der Waals surface area contributed by atoms with E-state index >= 15 is 0 Å². The molecule has 3 aromatic rings. The Labute approximate surface area is 158 Å². The largest absolute Gasteiger partial charge is 0.494 e. The summed E-state index contributed by atoms with van der Waals surface area (Å²) in [6.45, 7) is 8.92. The molecule has 27 heavy (non-hydrogen) atoms. The zero-order valence-corrected chi connectivity index (χ0v) is 15.9. The first-order chi connectivity index (χ1) is 12.9. The first-order valence-corrected chi connectivity index (χ1v) is 8.86. The van der Waals surface area contributed by atoms with E-state index in [1.807, 2.05) is 43.3 Å². The molecule has 6 heteroatoms. The van der Waals surface area contributed by atoms with Crippen LogP contribution in [-0.2, 0) is 5.41 Å². The van der Waals surface area contributed by atoms with E-state index in [-0.39, 0.29) is 17.1 Å². The maximum Gasteiger partial charge on any atom is 0.256 e. The van der Waals surface area contributed by atoms with Crippen molar-refractivity contribution in [1.29, 1.82) is 0 Å². The number of amides is 1. The van der Waals surface area contributed by atoms with E-state index < -0.39 is 0 Å². The van der Waals surface area contributed by atoms with Crippen LogP contribution in [0.5, 0.6) is 5.75 Å². The second-order valence-corrected chi connectivity index (χ2v) is 7.20. The lowest BCUT2D eigenvalue weighted by atomic mass is 9.87. The summed E-state index contributed by atoms with van der Waals surface area (Å²) in [5, 5.41) is 10.5. The molecule has 0 aliphatic carbocycles. The molecule has 0 atom stereocenters. The summed E-state index contributed by atoms with van der Waals surface area (Å²) >= 11 is 0. The number of hydrogen-bond donors (Lipinski definition) is 1. The third-order valence-electron chi connectivity index (χ3n) is 4.17. The summed E-state index contributed by atoms with van der Waals surface area (Å²) in [5.74, 6) is 0.782. The molecule has 0 saturated heterocycles. The number of anilines is 1. The number of nitrogens with one attached hydrogen (secondary N) is 1. The van der Waals surface area contributed by atoms with Gasteiger partial charge in [0, 0.05) is 11.1 Å². The number of benzene rings is 2. The van der Waals surface area contributed by atoms with Crippen LogP contribution in [0.1, 0.15) is 43.6 Å². The van der Waals surface area contributed by atoms with Crippen molar-refractivity contribution in [2.75, 3.05) is 11.9 Å². The molecule has 0 aliphatic rings. The van der Waals surface area contributed by atoms with Crippen molar-refractivity contribution in [2.45, 2.75) is 33.1 Å². The van der Waals surface area contributed by atoms with Gasteiger partial charge in [-0.15, -0.1) is 0 Å². The number of ether oxygens (including phenoxy) is 1. The maximum absolute atomic E-state index is 12.6. The first kappa shape index (κ1) is 18.6. The van der Waals surface area contributed by atoms with Gasteiger partial charge in [0.05, 0.1) is 6.61 Å². The van der Waals surface area contributed by atoms with Crippen molar-refractivity contribution in [3.63, 3.8) is 0 Å². The molecule has 0 aliphatic heterocycles. The molecule has 0 spiro atoms. The highest BCUT2D eigenvalue weighted by atomic mass is 16.6. The van der Waals surface area contributed by atoms with E-state index in [9.17, 15) is 4.79 Å². The fraction of sp³-hybridized carbons (Fsp3) is 0.286. The van der Waals surface area contributed by atoms with Crippen LogP contribution in [0.25, 0.3) is 11.3 Å². The van der Waals surface area contributed by atoms with Crippen molar-refractivity contribution < 1.29 is 14.2 Å². The minimum atomic E-state index is -0.265. The molecule has 0 fully saturated rings. The third-order valence-corrected chi connectivity index (χ3v) is 4.17. The number of hydrogen-bond acceptors (Lipinski definition) is 5. The second-order valence-electron chi connectivity index (χ2n) is 7.20. The van der Waals surface area contributed by atoms with Crippen LogP contribution in [-0.4, -0.2) is 22.8 Å². The maximum atomic E-state index is 12.6. The highest BCUT2D eigenvalue weighted by Gasteiger charge is 2.18. The highest BCUT2D eigenvalue weighted by Crippen LogP contribution is 2.27. The van der Waals surface area contributed by atoms with Crippen LogP contribution < -0.4 is 10.1 Å².